The third-order valence-electron chi connectivity index (χ3n) is 2.92. The van der Waals surface area contributed by atoms with Crippen molar-refractivity contribution in [1.29, 1.82) is 0 Å². The summed E-state index contributed by atoms with van der Waals surface area (Å²) < 4.78 is 32.4. The Morgan fingerprint density at radius 2 is 2.19 bits per heavy atom. The van der Waals surface area contributed by atoms with Gasteiger partial charge in [0, 0.05) is 18.5 Å². The minimum atomic E-state index is -1.35. The van der Waals surface area contributed by atoms with E-state index in [2.05, 4.69) is 10.1 Å². The average Bonchev–Trinajstić information content (AvgIpc) is 2.86. The number of nitro benzene ring substituents is 1. The summed E-state index contributed by atoms with van der Waals surface area (Å²) >= 11 is 0. The van der Waals surface area contributed by atoms with Gasteiger partial charge in [0.15, 0.2) is 5.82 Å². The van der Waals surface area contributed by atoms with Gasteiger partial charge in [-0.3, -0.25) is 10.1 Å². The van der Waals surface area contributed by atoms with Crippen LogP contribution >= 0.6 is 0 Å². The van der Waals surface area contributed by atoms with Crippen molar-refractivity contribution in [1.82, 2.24) is 10.1 Å². The smallest absolute Gasteiger partial charge is 0.305 e. The largest absolute Gasteiger partial charge is 0.334 e. The maximum Gasteiger partial charge on any atom is 0.305 e. The molecular weight excluding hydrogens is 286 g/mol. The van der Waals surface area contributed by atoms with E-state index < -0.39 is 33.7 Å². The molecule has 0 aliphatic heterocycles. The fourth-order valence-electron chi connectivity index (χ4n) is 1.70. The first-order valence-corrected chi connectivity index (χ1v) is 6.15. The second-order valence-corrected chi connectivity index (χ2v) is 4.40. The monoisotopic (exact) mass is 298 g/mol. The lowest BCUT2D eigenvalue weighted by Crippen LogP contribution is -2.21. The lowest BCUT2D eigenvalue weighted by molar-refractivity contribution is -0.387. The van der Waals surface area contributed by atoms with Crippen LogP contribution in [0.1, 0.15) is 19.2 Å². The van der Waals surface area contributed by atoms with Gasteiger partial charge < -0.3 is 10.3 Å². The van der Waals surface area contributed by atoms with E-state index in [4.69, 9.17) is 10.3 Å². The van der Waals surface area contributed by atoms with E-state index in [0.29, 0.717) is 6.42 Å². The Kier molecular flexibility index (Phi) is 4.22. The quantitative estimate of drug-likeness (QED) is 0.669. The molecule has 0 aliphatic carbocycles. The van der Waals surface area contributed by atoms with Crippen LogP contribution in [0.5, 0.6) is 0 Å². The van der Waals surface area contributed by atoms with E-state index in [9.17, 15) is 18.9 Å². The Labute approximate surface area is 117 Å². The van der Waals surface area contributed by atoms with Gasteiger partial charge in [-0.15, -0.1) is 0 Å². The summed E-state index contributed by atoms with van der Waals surface area (Å²) in [6, 6.07) is 1.30. The van der Waals surface area contributed by atoms with Gasteiger partial charge in [-0.2, -0.15) is 9.37 Å². The zero-order valence-corrected chi connectivity index (χ0v) is 11.0. The average molecular weight is 298 g/mol. The molecule has 2 rings (SSSR count). The molecule has 112 valence electrons. The van der Waals surface area contributed by atoms with Crippen LogP contribution in [0.3, 0.4) is 0 Å². The van der Waals surface area contributed by atoms with Crippen LogP contribution in [0, 0.1) is 21.7 Å². The molecule has 2 aromatic rings. The number of nitro groups is 1. The van der Waals surface area contributed by atoms with Crippen LogP contribution in [0.4, 0.5) is 14.5 Å². The van der Waals surface area contributed by atoms with Crippen molar-refractivity contribution in [2.75, 3.05) is 0 Å². The zero-order chi connectivity index (χ0) is 15.6. The Hall–Kier alpha value is -2.42. The zero-order valence-electron chi connectivity index (χ0n) is 11.0. The molecule has 1 atom stereocenters. The van der Waals surface area contributed by atoms with Crippen LogP contribution in [0.25, 0.3) is 11.5 Å². The normalized spacial score (nSPS) is 12.4. The van der Waals surface area contributed by atoms with Gasteiger partial charge in [0.1, 0.15) is 11.4 Å². The first-order chi connectivity index (χ1) is 9.93. The van der Waals surface area contributed by atoms with E-state index in [-0.39, 0.29) is 18.3 Å². The van der Waals surface area contributed by atoms with E-state index >= 15 is 0 Å². The Morgan fingerprint density at radius 1 is 1.48 bits per heavy atom. The second kappa shape index (κ2) is 5.92. The van der Waals surface area contributed by atoms with Crippen LogP contribution in [-0.2, 0) is 6.42 Å². The highest BCUT2D eigenvalue weighted by Gasteiger charge is 2.26. The number of nitrogens with two attached hydrogens (primary N) is 1. The van der Waals surface area contributed by atoms with Crippen molar-refractivity contribution in [2.24, 2.45) is 5.73 Å². The molecule has 1 heterocycles. The number of hydrogen-bond acceptors (Lipinski definition) is 6. The summed E-state index contributed by atoms with van der Waals surface area (Å²) in [6.07, 6.45) is 0.946. The van der Waals surface area contributed by atoms with Crippen LogP contribution in [0.15, 0.2) is 16.7 Å². The van der Waals surface area contributed by atoms with E-state index in [0.717, 1.165) is 12.1 Å². The van der Waals surface area contributed by atoms with E-state index in [1.165, 1.54) is 0 Å². The van der Waals surface area contributed by atoms with E-state index in [1.807, 2.05) is 6.92 Å². The number of aromatic nitrogens is 2. The molecule has 0 aliphatic rings. The summed E-state index contributed by atoms with van der Waals surface area (Å²) in [5.74, 6) is -2.64. The predicted octanol–water partition coefficient (Wildman–Crippen LogP) is 2.20. The summed E-state index contributed by atoms with van der Waals surface area (Å²) in [4.78, 5) is 13.5. The highest BCUT2D eigenvalue weighted by Crippen LogP contribution is 2.30. The first-order valence-electron chi connectivity index (χ1n) is 6.15. The van der Waals surface area contributed by atoms with E-state index in [1.54, 1.807) is 0 Å². The van der Waals surface area contributed by atoms with Crippen LogP contribution in [0.2, 0.25) is 0 Å². The maximum atomic E-state index is 14.0. The Balaban J connectivity index is 2.42. The van der Waals surface area contributed by atoms with Gasteiger partial charge in [0.2, 0.25) is 5.82 Å². The van der Waals surface area contributed by atoms with Crippen LogP contribution in [-0.4, -0.2) is 21.1 Å². The maximum absolute atomic E-state index is 14.0. The minimum absolute atomic E-state index is 0.185. The summed E-state index contributed by atoms with van der Waals surface area (Å²) in [5.41, 5.74) is 4.14. The molecule has 0 saturated carbocycles. The standard InChI is InChI=1S/C12H12F2N4O3/c1-2-6(15)5-9-16-12(21-17-9)10-7(13)3-4-8(11(10)14)18(19)20/h3-4,6H,2,5,15H2,1H3. The highest BCUT2D eigenvalue weighted by atomic mass is 19.1. The molecule has 0 radical (unpaired) electrons. The molecule has 2 N–H and O–H groups in total. The fourth-order valence-corrected chi connectivity index (χ4v) is 1.70. The SMILES string of the molecule is CCC(N)Cc1noc(-c2c(F)ccc([N+](=O)[O-])c2F)n1. The predicted molar refractivity (Wildman–Crippen MR) is 68.3 cm³/mol. The molecule has 7 nitrogen and oxygen atoms in total. The topological polar surface area (TPSA) is 108 Å². The molecule has 0 bridgehead atoms. The van der Waals surface area contributed by atoms with Gasteiger partial charge in [-0.25, -0.2) is 4.39 Å². The first kappa shape index (κ1) is 15.0. The number of halogens is 2. The van der Waals surface area contributed by atoms with Gasteiger partial charge in [-0.1, -0.05) is 12.1 Å². The number of nitrogens with zero attached hydrogens (tertiary/aromatic N) is 3. The van der Waals surface area contributed by atoms with Gasteiger partial charge >= 0.3 is 5.69 Å². The third kappa shape index (κ3) is 3.02. The van der Waals surface area contributed by atoms with Gasteiger partial charge in [0.25, 0.3) is 5.89 Å². The highest BCUT2D eigenvalue weighted by molar-refractivity contribution is 5.60. The molecule has 1 aromatic heterocycles. The number of rotatable bonds is 5. The molecule has 0 saturated heterocycles. The molecule has 21 heavy (non-hydrogen) atoms. The summed E-state index contributed by atoms with van der Waals surface area (Å²) in [7, 11) is 0. The van der Waals surface area contributed by atoms with Crippen molar-refractivity contribution < 1.29 is 18.2 Å². The van der Waals surface area contributed by atoms with Crippen LogP contribution < -0.4 is 5.73 Å². The minimum Gasteiger partial charge on any atom is -0.334 e. The Bertz CT molecular complexity index is 675. The van der Waals surface area contributed by atoms with Crippen molar-refractivity contribution in [3.63, 3.8) is 0 Å². The van der Waals surface area contributed by atoms with Crippen molar-refractivity contribution in [2.45, 2.75) is 25.8 Å². The molecule has 1 unspecified atom stereocenters. The molecule has 0 fully saturated rings. The van der Waals surface area contributed by atoms with Gasteiger partial charge in [0.05, 0.1) is 4.92 Å². The second-order valence-electron chi connectivity index (χ2n) is 4.40. The fraction of sp³-hybridized carbons (Fsp3) is 0.333. The summed E-state index contributed by atoms with van der Waals surface area (Å²) in [6.45, 7) is 1.87. The Morgan fingerprint density at radius 3 is 2.81 bits per heavy atom. The molecule has 9 heteroatoms. The molecule has 1 aromatic carbocycles. The molecule has 0 spiro atoms. The number of benzene rings is 1. The molecule has 0 amide bonds. The van der Waals surface area contributed by atoms with Crippen molar-refractivity contribution in [3.8, 4) is 11.5 Å². The lowest BCUT2D eigenvalue weighted by atomic mass is 10.1. The summed E-state index contributed by atoms with van der Waals surface area (Å²) in [5, 5.41) is 14.2. The van der Waals surface area contributed by atoms with Gasteiger partial charge in [-0.05, 0) is 12.5 Å². The lowest BCUT2D eigenvalue weighted by Gasteiger charge is -2.03. The number of hydrogen-bond donors (Lipinski definition) is 1. The third-order valence-corrected chi connectivity index (χ3v) is 2.92. The molecular formula is C12H12F2N4O3. The van der Waals surface area contributed by atoms with Crippen molar-refractivity contribution in [3.05, 3.63) is 39.7 Å². The van der Waals surface area contributed by atoms with Crippen molar-refractivity contribution >= 4 is 5.69 Å².